The standard InChI is InChI=1S/C19H31N3O2/c1-3-22(4-2)14-16-8-6-5-7-15(16)13-20-19(24)21-17-9-11-18(23)12-10-17/h5-8,17-18,23H,3-4,9-14H2,1-2H3,(H2,20,21,24). The van der Waals surface area contributed by atoms with Crippen molar-refractivity contribution in [3.05, 3.63) is 35.4 Å². The van der Waals surface area contributed by atoms with E-state index in [-0.39, 0.29) is 18.2 Å². The zero-order valence-electron chi connectivity index (χ0n) is 14.9. The Bertz CT molecular complexity index is 509. The van der Waals surface area contributed by atoms with E-state index in [0.717, 1.165) is 45.3 Å². The van der Waals surface area contributed by atoms with Gasteiger partial charge in [0.25, 0.3) is 0 Å². The SMILES string of the molecule is CCN(CC)Cc1ccccc1CNC(=O)NC1CCC(O)CC1. The summed E-state index contributed by atoms with van der Waals surface area (Å²) in [6.07, 6.45) is 3.06. The van der Waals surface area contributed by atoms with Gasteiger partial charge >= 0.3 is 6.03 Å². The Hall–Kier alpha value is -1.59. The van der Waals surface area contributed by atoms with Crippen LogP contribution in [0.15, 0.2) is 24.3 Å². The Balaban J connectivity index is 1.84. The monoisotopic (exact) mass is 333 g/mol. The summed E-state index contributed by atoms with van der Waals surface area (Å²) in [6, 6.07) is 8.35. The second-order valence-corrected chi connectivity index (χ2v) is 6.56. The van der Waals surface area contributed by atoms with E-state index in [0.29, 0.717) is 6.54 Å². The minimum absolute atomic E-state index is 0.117. The highest BCUT2D eigenvalue weighted by Crippen LogP contribution is 2.18. The number of amides is 2. The third-order valence-corrected chi connectivity index (χ3v) is 4.88. The maximum atomic E-state index is 12.1. The zero-order chi connectivity index (χ0) is 17.4. The number of nitrogens with zero attached hydrogens (tertiary/aromatic N) is 1. The Morgan fingerprint density at radius 3 is 2.38 bits per heavy atom. The van der Waals surface area contributed by atoms with E-state index >= 15 is 0 Å². The molecule has 2 amide bonds. The Morgan fingerprint density at radius 1 is 1.12 bits per heavy atom. The van der Waals surface area contributed by atoms with Crippen molar-refractivity contribution in [3.8, 4) is 0 Å². The smallest absolute Gasteiger partial charge is 0.315 e. The lowest BCUT2D eigenvalue weighted by Crippen LogP contribution is -2.44. The molecule has 1 fully saturated rings. The Labute approximate surface area is 145 Å². The maximum absolute atomic E-state index is 12.1. The molecule has 1 aliphatic rings. The van der Waals surface area contributed by atoms with Crippen molar-refractivity contribution in [1.82, 2.24) is 15.5 Å². The van der Waals surface area contributed by atoms with Gasteiger partial charge in [0.05, 0.1) is 6.10 Å². The molecule has 0 atom stereocenters. The first kappa shape index (κ1) is 18.7. The van der Waals surface area contributed by atoms with Gasteiger partial charge in [-0.25, -0.2) is 4.79 Å². The molecule has 1 aromatic rings. The topological polar surface area (TPSA) is 64.6 Å². The number of urea groups is 1. The number of carbonyl (C=O) groups is 1. The van der Waals surface area contributed by atoms with Crippen molar-refractivity contribution < 1.29 is 9.90 Å². The molecule has 0 bridgehead atoms. The van der Waals surface area contributed by atoms with Crippen molar-refractivity contribution in [2.45, 2.75) is 64.8 Å². The molecule has 24 heavy (non-hydrogen) atoms. The van der Waals surface area contributed by atoms with Crippen LogP contribution in [0.1, 0.15) is 50.7 Å². The zero-order valence-corrected chi connectivity index (χ0v) is 14.9. The van der Waals surface area contributed by atoms with Crippen molar-refractivity contribution >= 4 is 6.03 Å². The fraction of sp³-hybridized carbons (Fsp3) is 0.632. The van der Waals surface area contributed by atoms with Crippen LogP contribution in [0, 0.1) is 0 Å². The van der Waals surface area contributed by atoms with E-state index in [1.807, 2.05) is 6.07 Å². The molecule has 5 heteroatoms. The van der Waals surface area contributed by atoms with Crippen LogP contribution in [0.5, 0.6) is 0 Å². The van der Waals surface area contributed by atoms with E-state index in [1.165, 1.54) is 11.1 Å². The second-order valence-electron chi connectivity index (χ2n) is 6.56. The molecule has 1 aromatic carbocycles. The molecule has 0 radical (unpaired) electrons. The normalized spacial score (nSPS) is 20.8. The molecule has 0 aliphatic heterocycles. The van der Waals surface area contributed by atoms with E-state index in [2.05, 4.69) is 47.6 Å². The molecule has 134 valence electrons. The van der Waals surface area contributed by atoms with Crippen LogP contribution in [0.4, 0.5) is 4.79 Å². The molecule has 5 nitrogen and oxygen atoms in total. The number of benzene rings is 1. The summed E-state index contributed by atoms with van der Waals surface area (Å²) in [5, 5.41) is 15.5. The number of hydrogen-bond acceptors (Lipinski definition) is 3. The fourth-order valence-electron chi connectivity index (χ4n) is 3.20. The van der Waals surface area contributed by atoms with Gasteiger partial charge in [0.1, 0.15) is 0 Å². The summed E-state index contributed by atoms with van der Waals surface area (Å²) in [7, 11) is 0. The average molecular weight is 333 g/mol. The first-order valence-electron chi connectivity index (χ1n) is 9.13. The number of rotatable bonds is 7. The molecule has 3 N–H and O–H groups in total. The van der Waals surface area contributed by atoms with E-state index in [9.17, 15) is 9.90 Å². The fourth-order valence-corrected chi connectivity index (χ4v) is 3.20. The highest BCUT2D eigenvalue weighted by Gasteiger charge is 2.20. The molecule has 0 saturated heterocycles. The summed E-state index contributed by atoms with van der Waals surface area (Å²) in [4.78, 5) is 14.5. The van der Waals surface area contributed by atoms with Gasteiger partial charge in [-0.15, -0.1) is 0 Å². The first-order chi connectivity index (χ1) is 11.6. The highest BCUT2D eigenvalue weighted by atomic mass is 16.3. The summed E-state index contributed by atoms with van der Waals surface area (Å²) in [6.45, 7) is 7.82. The molecule has 1 aliphatic carbocycles. The van der Waals surface area contributed by atoms with Gasteiger partial charge in [-0.3, -0.25) is 4.90 Å². The number of aliphatic hydroxyl groups excluding tert-OH is 1. The van der Waals surface area contributed by atoms with Crippen LogP contribution in [-0.4, -0.2) is 41.3 Å². The molecule has 0 unspecified atom stereocenters. The molecular weight excluding hydrogens is 302 g/mol. The van der Waals surface area contributed by atoms with Gasteiger partial charge in [-0.05, 0) is 49.9 Å². The molecule has 2 rings (SSSR count). The van der Waals surface area contributed by atoms with Crippen molar-refractivity contribution in [2.75, 3.05) is 13.1 Å². The van der Waals surface area contributed by atoms with Crippen molar-refractivity contribution in [2.24, 2.45) is 0 Å². The van der Waals surface area contributed by atoms with Gasteiger partial charge in [0.2, 0.25) is 0 Å². The second kappa shape index (κ2) is 9.64. The number of hydrogen-bond donors (Lipinski definition) is 3. The summed E-state index contributed by atoms with van der Waals surface area (Å²) >= 11 is 0. The largest absolute Gasteiger partial charge is 0.393 e. The number of nitrogens with one attached hydrogen (secondary N) is 2. The lowest BCUT2D eigenvalue weighted by atomic mass is 9.93. The number of carbonyl (C=O) groups excluding carboxylic acids is 1. The third kappa shape index (κ3) is 5.80. The molecule has 0 spiro atoms. The van der Waals surface area contributed by atoms with Gasteiger partial charge in [0, 0.05) is 19.1 Å². The quantitative estimate of drug-likeness (QED) is 0.719. The van der Waals surface area contributed by atoms with Gasteiger partial charge in [0.15, 0.2) is 0 Å². The minimum Gasteiger partial charge on any atom is -0.393 e. The predicted octanol–water partition coefficient (Wildman–Crippen LogP) is 2.63. The van der Waals surface area contributed by atoms with Gasteiger partial charge in [-0.2, -0.15) is 0 Å². The lowest BCUT2D eigenvalue weighted by molar-refractivity contribution is 0.117. The first-order valence-corrected chi connectivity index (χ1v) is 9.13. The van der Waals surface area contributed by atoms with Crippen LogP contribution in [0.3, 0.4) is 0 Å². The molecule has 0 aromatic heterocycles. The summed E-state index contributed by atoms with van der Waals surface area (Å²) in [5.74, 6) is 0. The van der Waals surface area contributed by atoms with Crippen LogP contribution < -0.4 is 10.6 Å². The van der Waals surface area contributed by atoms with Crippen LogP contribution >= 0.6 is 0 Å². The Kier molecular flexibility index (Phi) is 7.53. The third-order valence-electron chi connectivity index (χ3n) is 4.88. The summed E-state index contributed by atoms with van der Waals surface area (Å²) in [5.41, 5.74) is 2.43. The van der Waals surface area contributed by atoms with Gasteiger partial charge in [-0.1, -0.05) is 38.1 Å². The minimum atomic E-state index is -0.196. The maximum Gasteiger partial charge on any atom is 0.315 e. The average Bonchev–Trinajstić information content (AvgIpc) is 2.60. The molecular formula is C19H31N3O2. The predicted molar refractivity (Wildman–Crippen MR) is 96.7 cm³/mol. The molecule has 0 heterocycles. The number of aliphatic hydroxyl groups is 1. The van der Waals surface area contributed by atoms with Crippen LogP contribution in [0.2, 0.25) is 0 Å². The van der Waals surface area contributed by atoms with Crippen LogP contribution in [-0.2, 0) is 13.1 Å². The van der Waals surface area contributed by atoms with Crippen LogP contribution in [0.25, 0.3) is 0 Å². The van der Waals surface area contributed by atoms with Crippen molar-refractivity contribution in [1.29, 1.82) is 0 Å². The van der Waals surface area contributed by atoms with Crippen molar-refractivity contribution in [3.63, 3.8) is 0 Å². The highest BCUT2D eigenvalue weighted by molar-refractivity contribution is 5.74. The lowest BCUT2D eigenvalue weighted by Gasteiger charge is -2.26. The van der Waals surface area contributed by atoms with E-state index in [1.54, 1.807) is 0 Å². The summed E-state index contributed by atoms with van der Waals surface area (Å²) < 4.78 is 0. The Morgan fingerprint density at radius 2 is 1.75 bits per heavy atom. The molecule has 1 saturated carbocycles. The van der Waals surface area contributed by atoms with E-state index < -0.39 is 0 Å². The van der Waals surface area contributed by atoms with Gasteiger partial charge < -0.3 is 15.7 Å². The van der Waals surface area contributed by atoms with E-state index in [4.69, 9.17) is 0 Å².